The van der Waals surface area contributed by atoms with Crippen LogP contribution >= 0.6 is 0 Å². The van der Waals surface area contributed by atoms with Crippen molar-refractivity contribution in [3.05, 3.63) is 52.2 Å². The molecule has 0 saturated heterocycles. The molecule has 2 N–H and O–H groups in total. The third-order valence-electron chi connectivity index (χ3n) is 3.71. The molecule has 23 heavy (non-hydrogen) atoms. The van der Waals surface area contributed by atoms with Crippen LogP contribution in [-0.2, 0) is 6.42 Å². The van der Waals surface area contributed by atoms with Gasteiger partial charge in [-0.25, -0.2) is 4.98 Å². The van der Waals surface area contributed by atoms with E-state index in [1.165, 1.54) is 6.20 Å². The minimum absolute atomic E-state index is 0.183. The maximum atomic E-state index is 12.0. The second kappa shape index (κ2) is 6.51. The molecule has 0 saturated carbocycles. The van der Waals surface area contributed by atoms with Crippen molar-refractivity contribution in [1.29, 1.82) is 0 Å². The van der Waals surface area contributed by atoms with E-state index >= 15 is 0 Å². The Morgan fingerprint density at radius 2 is 2.39 bits per heavy atom. The van der Waals surface area contributed by atoms with Crippen molar-refractivity contribution in [2.45, 2.75) is 6.42 Å². The van der Waals surface area contributed by atoms with E-state index in [0.29, 0.717) is 13.2 Å². The number of hydrogen-bond donors (Lipinski definition) is 2. The molecule has 7 nitrogen and oxygen atoms in total. The van der Waals surface area contributed by atoms with Gasteiger partial charge in [0.2, 0.25) is 0 Å². The van der Waals surface area contributed by atoms with Crippen molar-refractivity contribution < 1.29 is 14.3 Å². The summed E-state index contributed by atoms with van der Waals surface area (Å²) in [6.45, 7) is 1.00. The number of H-pyrrole nitrogens is 1. The molecule has 0 bridgehead atoms. The van der Waals surface area contributed by atoms with Gasteiger partial charge in [-0.2, -0.15) is 0 Å². The van der Waals surface area contributed by atoms with Gasteiger partial charge >= 0.3 is 0 Å². The highest BCUT2D eigenvalue weighted by molar-refractivity contribution is 5.91. The highest BCUT2D eigenvalue weighted by Gasteiger charge is 2.21. The molecule has 0 radical (unpaired) electrons. The molecule has 0 fully saturated rings. The Hall–Kier alpha value is -2.83. The highest BCUT2D eigenvalue weighted by atomic mass is 16.5. The molecule has 1 aromatic carbocycles. The van der Waals surface area contributed by atoms with E-state index in [1.54, 1.807) is 7.11 Å². The third kappa shape index (κ3) is 3.50. The maximum Gasteiger partial charge on any atom is 0.271 e. The number of rotatable bonds is 4. The Labute approximate surface area is 132 Å². The molecular weight excluding hydrogens is 298 g/mol. The van der Waals surface area contributed by atoms with Crippen molar-refractivity contribution in [3.63, 3.8) is 0 Å². The molecule has 2 heterocycles. The lowest BCUT2D eigenvalue weighted by atomic mass is 9.96. The Morgan fingerprint density at radius 1 is 1.52 bits per heavy atom. The van der Waals surface area contributed by atoms with Gasteiger partial charge in [-0.15, -0.1) is 0 Å². The zero-order valence-electron chi connectivity index (χ0n) is 12.7. The first-order valence-electron chi connectivity index (χ1n) is 7.28. The first-order chi connectivity index (χ1) is 11.2. The summed E-state index contributed by atoms with van der Waals surface area (Å²) in [7, 11) is 1.62. The van der Waals surface area contributed by atoms with E-state index in [1.807, 2.05) is 18.2 Å². The van der Waals surface area contributed by atoms with E-state index in [4.69, 9.17) is 9.47 Å². The second-order valence-electron chi connectivity index (χ2n) is 5.36. The average molecular weight is 315 g/mol. The lowest BCUT2D eigenvalue weighted by Gasteiger charge is -2.25. The van der Waals surface area contributed by atoms with Gasteiger partial charge in [-0.1, -0.05) is 6.07 Å². The van der Waals surface area contributed by atoms with Crippen LogP contribution in [0.25, 0.3) is 0 Å². The predicted octanol–water partition coefficient (Wildman–Crippen LogP) is 0.760. The normalized spacial score (nSPS) is 16.1. The van der Waals surface area contributed by atoms with Crippen LogP contribution in [0.2, 0.25) is 0 Å². The summed E-state index contributed by atoms with van der Waals surface area (Å²) in [6.07, 6.45) is 3.21. The van der Waals surface area contributed by atoms with Gasteiger partial charge in [-0.05, 0) is 18.1 Å². The summed E-state index contributed by atoms with van der Waals surface area (Å²) in [5, 5.41) is 2.81. The molecule has 1 atom stereocenters. The van der Waals surface area contributed by atoms with Crippen LogP contribution in [0.3, 0.4) is 0 Å². The van der Waals surface area contributed by atoms with E-state index in [2.05, 4.69) is 15.3 Å². The molecule has 1 amide bonds. The van der Waals surface area contributed by atoms with Crippen LogP contribution in [0.1, 0.15) is 16.1 Å². The first-order valence-corrected chi connectivity index (χ1v) is 7.28. The number of fused-ring (bicyclic) bond motifs is 1. The number of benzene rings is 1. The first kappa shape index (κ1) is 15.1. The predicted molar refractivity (Wildman–Crippen MR) is 82.9 cm³/mol. The number of aromatic nitrogens is 2. The minimum atomic E-state index is -0.339. The molecule has 1 aliphatic heterocycles. The summed E-state index contributed by atoms with van der Waals surface area (Å²) < 4.78 is 10.9. The van der Waals surface area contributed by atoms with Crippen molar-refractivity contribution in [2.75, 3.05) is 20.3 Å². The number of carbonyl (C=O) groups excluding carboxylic acids is 1. The van der Waals surface area contributed by atoms with Gasteiger partial charge in [0.1, 0.15) is 17.2 Å². The lowest BCUT2D eigenvalue weighted by Crippen LogP contribution is -2.35. The summed E-state index contributed by atoms with van der Waals surface area (Å²) in [4.78, 5) is 29.1. The number of aromatic amines is 1. The van der Waals surface area contributed by atoms with E-state index in [9.17, 15) is 9.59 Å². The van der Waals surface area contributed by atoms with Crippen LogP contribution in [0.15, 0.2) is 35.4 Å². The Bertz CT molecular complexity index is 752. The van der Waals surface area contributed by atoms with Crippen molar-refractivity contribution in [1.82, 2.24) is 15.3 Å². The summed E-state index contributed by atoms with van der Waals surface area (Å²) in [5.41, 5.74) is 0.944. The number of nitrogens with one attached hydrogen (secondary N) is 2. The number of amides is 1. The fraction of sp³-hybridized carbons (Fsp3) is 0.312. The van der Waals surface area contributed by atoms with Crippen LogP contribution in [0, 0.1) is 5.92 Å². The SMILES string of the molecule is COc1ccc2c(c1)OCC(CNC(=O)c1c[nH]c(=O)cn1)C2. The molecule has 1 aromatic heterocycles. The summed E-state index contributed by atoms with van der Waals surface area (Å²) in [5.74, 6) is 1.46. The number of nitrogens with zero attached hydrogens (tertiary/aromatic N) is 1. The van der Waals surface area contributed by atoms with Gasteiger partial charge in [-0.3, -0.25) is 9.59 Å². The number of carbonyl (C=O) groups is 1. The second-order valence-corrected chi connectivity index (χ2v) is 5.36. The molecule has 1 unspecified atom stereocenters. The summed E-state index contributed by atoms with van der Waals surface area (Å²) >= 11 is 0. The quantitative estimate of drug-likeness (QED) is 0.869. The fourth-order valence-electron chi connectivity index (χ4n) is 2.47. The molecular formula is C16H17N3O4. The van der Waals surface area contributed by atoms with Gasteiger partial charge in [0.05, 0.1) is 19.9 Å². The maximum absolute atomic E-state index is 12.0. The van der Waals surface area contributed by atoms with Gasteiger partial charge in [0.15, 0.2) is 0 Å². The van der Waals surface area contributed by atoms with Crippen LogP contribution in [0.4, 0.5) is 0 Å². The molecule has 120 valence electrons. The largest absolute Gasteiger partial charge is 0.497 e. The third-order valence-corrected chi connectivity index (χ3v) is 3.71. The van der Waals surface area contributed by atoms with Crippen LogP contribution < -0.4 is 20.3 Å². The van der Waals surface area contributed by atoms with E-state index < -0.39 is 0 Å². The van der Waals surface area contributed by atoms with Gasteiger partial charge < -0.3 is 19.8 Å². The number of methoxy groups -OCH3 is 1. The zero-order chi connectivity index (χ0) is 16.2. The zero-order valence-corrected chi connectivity index (χ0v) is 12.7. The smallest absolute Gasteiger partial charge is 0.271 e. The highest BCUT2D eigenvalue weighted by Crippen LogP contribution is 2.30. The minimum Gasteiger partial charge on any atom is -0.497 e. The molecule has 0 spiro atoms. The topological polar surface area (TPSA) is 93.3 Å². The lowest BCUT2D eigenvalue weighted by molar-refractivity contribution is 0.0933. The summed E-state index contributed by atoms with van der Waals surface area (Å²) in [6, 6.07) is 5.74. The monoisotopic (exact) mass is 315 g/mol. The Morgan fingerprint density at radius 3 is 3.13 bits per heavy atom. The molecule has 1 aliphatic rings. The van der Waals surface area contributed by atoms with Gasteiger partial charge in [0, 0.05) is 24.7 Å². The molecule has 3 rings (SSSR count). The van der Waals surface area contributed by atoms with Crippen molar-refractivity contribution in [2.24, 2.45) is 5.92 Å². The van der Waals surface area contributed by atoms with E-state index in [-0.39, 0.29) is 23.1 Å². The fourth-order valence-corrected chi connectivity index (χ4v) is 2.47. The number of ether oxygens (including phenoxy) is 2. The van der Waals surface area contributed by atoms with Crippen molar-refractivity contribution >= 4 is 5.91 Å². The number of hydrogen-bond acceptors (Lipinski definition) is 5. The van der Waals surface area contributed by atoms with E-state index in [0.717, 1.165) is 29.7 Å². The Balaban J connectivity index is 1.58. The standard InChI is InChI=1S/C16H17N3O4/c1-22-12-3-2-11-4-10(9-23-14(11)5-12)6-19-16(21)13-7-18-15(20)8-17-13/h2-3,5,7-8,10H,4,6,9H2,1H3,(H,18,20)(H,19,21). The van der Waals surface area contributed by atoms with Crippen LogP contribution in [0.5, 0.6) is 11.5 Å². The van der Waals surface area contributed by atoms with Crippen LogP contribution in [-0.4, -0.2) is 36.1 Å². The molecule has 0 aliphatic carbocycles. The molecule has 2 aromatic rings. The van der Waals surface area contributed by atoms with Crippen molar-refractivity contribution in [3.8, 4) is 11.5 Å². The van der Waals surface area contributed by atoms with Gasteiger partial charge in [0.25, 0.3) is 11.5 Å². The molecule has 7 heteroatoms. The average Bonchev–Trinajstić information content (AvgIpc) is 2.59. The Kier molecular flexibility index (Phi) is 4.27.